The molecule has 0 radical (unpaired) electrons. The summed E-state index contributed by atoms with van der Waals surface area (Å²) in [5.74, 6) is -0.193. The van der Waals surface area contributed by atoms with E-state index in [2.05, 4.69) is 14.9 Å². The van der Waals surface area contributed by atoms with E-state index in [0.29, 0.717) is 17.2 Å². The lowest BCUT2D eigenvalue weighted by Gasteiger charge is -2.06. The second kappa shape index (κ2) is 8.62. The molecule has 0 N–H and O–H groups in total. The summed E-state index contributed by atoms with van der Waals surface area (Å²) in [5, 5.41) is 7.80. The maximum Gasteiger partial charge on any atom is 0.331 e. The highest BCUT2D eigenvalue weighted by molar-refractivity contribution is 5.91. The summed E-state index contributed by atoms with van der Waals surface area (Å²) in [5.41, 5.74) is 0.709. The normalized spacial score (nSPS) is 12.0. The number of aromatic nitrogens is 2. The van der Waals surface area contributed by atoms with E-state index in [1.54, 1.807) is 45.2 Å². The molecular weight excluding hydrogens is 328 g/mol. The topological polar surface area (TPSA) is 101 Å². The van der Waals surface area contributed by atoms with Crippen molar-refractivity contribution >= 4 is 11.9 Å². The van der Waals surface area contributed by atoms with Crippen LogP contribution in [0.25, 0.3) is 11.5 Å². The van der Waals surface area contributed by atoms with E-state index in [1.165, 1.54) is 0 Å². The molecule has 1 aromatic heterocycles. The number of benzene rings is 1. The molecular formula is C17H18N2O6. The number of methoxy groups -OCH3 is 1. The quantitative estimate of drug-likeness (QED) is 0.557. The molecule has 0 saturated carbocycles. The summed E-state index contributed by atoms with van der Waals surface area (Å²) in [6.07, 6.45) is 1.21. The van der Waals surface area contributed by atoms with Crippen LogP contribution in [0.2, 0.25) is 0 Å². The number of hydrogen-bond acceptors (Lipinski definition) is 8. The molecule has 25 heavy (non-hydrogen) atoms. The van der Waals surface area contributed by atoms with E-state index in [4.69, 9.17) is 13.9 Å². The Hall–Kier alpha value is -3.16. The molecule has 0 aliphatic heterocycles. The minimum atomic E-state index is -0.765. The molecule has 0 spiro atoms. The second-order valence-electron chi connectivity index (χ2n) is 4.84. The van der Waals surface area contributed by atoms with Crippen molar-refractivity contribution in [2.45, 2.75) is 20.0 Å². The number of carbonyl (C=O) groups excluding carboxylic acids is 2. The fourth-order valence-corrected chi connectivity index (χ4v) is 1.84. The molecule has 2 aromatic rings. The van der Waals surface area contributed by atoms with Gasteiger partial charge in [-0.3, -0.25) is 0 Å². The summed E-state index contributed by atoms with van der Waals surface area (Å²) >= 11 is 0. The Morgan fingerprint density at radius 3 is 2.48 bits per heavy atom. The van der Waals surface area contributed by atoms with Gasteiger partial charge in [-0.25, -0.2) is 9.59 Å². The molecule has 0 amide bonds. The molecule has 1 aromatic carbocycles. The zero-order valence-electron chi connectivity index (χ0n) is 14.1. The van der Waals surface area contributed by atoms with Crippen LogP contribution in [-0.2, 0) is 19.1 Å². The zero-order valence-corrected chi connectivity index (χ0v) is 14.1. The Kier molecular flexibility index (Phi) is 6.27. The molecule has 2 rings (SSSR count). The van der Waals surface area contributed by atoms with Crippen molar-refractivity contribution < 1.29 is 28.2 Å². The van der Waals surface area contributed by atoms with Gasteiger partial charge < -0.3 is 18.6 Å². The van der Waals surface area contributed by atoms with Crippen LogP contribution in [0, 0.1) is 0 Å². The highest BCUT2D eigenvalue weighted by Gasteiger charge is 2.18. The van der Waals surface area contributed by atoms with Crippen LogP contribution in [0.4, 0.5) is 0 Å². The summed E-state index contributed by atoms with van der Waals surface area (Å²) < 4.78 is 20.4. The van der Waals surface area contributed by atoms with Crippen LogP contribution in [0.5, 0.6) is 5.75 Å². The number of rotatable bonds is 7. The van der Waals surface area contributed by atoms with Gasteiger partial charge in [0.1, 0.15) is 5.75 Å². The van der Waals surface area contributed by atoms with Crippen molar-refractivity contribution in [2.24, 2.45) is 0 Å². The first-order chi connectivity index (χ1) is 12.0. The molecule has 0 aliphatic carbocycles. The monoisotopic (exact) mass is 346 g/mol. The average Bonchev–Trinajstić information content (AvgIpc) is 3.10. The molecule has 1 heterocycles. The predicted octanol–water partition coefficient (Wildman–Crippen LogP) is 2.47. The van der Waals surface area contributed by atoms with Crippen LogP contribution in [0.1, 0.15) is 25.8 Å². The predicted molar refractivity (Wildman–Crippen MR) is 86.6 cm³/mol. The van der Waals surface area contributed by atoms with Crippen molar-refractivity contribution in [3.8, 4) is 17.2 Å². The molecule has 8 nitrogen and oxygen atoms in total. The Balaban J connectivity index is 1.98. The first kappa shape index (κ1) is 18.2. The maximum atomic E-state index is 11.7. The van der Waals surface area contributed by atoms with Gasteiger partial charge in [0.25, 0.3) is 5.89 Å². The van der Waals surface area contributed by atoms with Crippen molar-refractivity contribution in [2.75, 3.05) is 13.7 Å². The summed E-state index contributed by atoms with van der Waals surface area (Å²) in [6, 6.07) is 7.08. The van der Waals surface area contributed by atoms with Crippen molar-refractivity contribution in [1.82, 2.24) is 10.2 Å². The van der Waals surface area contributed by atoms with E-state index >= 15 is 0 Å². The molecule has 0 aliphatic rings. The Labute approximate surface area is 144 Å². The molecule has 0 saturated heterocycles. The van der Waals surface area contributed by atoms with Gasteiger partial charge in [-0.05, 0) is 38.1 Å². The summed E-state index contributed by atoms with van der Waals surface area (Å²) in [4.78, 5) is 22.8. The van der Waals surface area contributed by atoms with E-state index in [-0.39, 0.29) is 12.5 Å². The van der Waals surface area contributed by atoms with Gasteiger partial charge in [0.15, 0.2) is 6.10 Å². The van der Waals surface area contributed by atoms with Gasteiger partial charge in [-0.15, -0.1) is 10.2 Å². The lowest BCUT2D eigenvalue weighted by molar-refractivity contribution is -0.144. The minimum Gasteiger partial charge on any atom is -0.497 e. The van der Waals surface area contributed by atoms with Crippen molar-refractivity contribution in [1.29, 1.82) is 0 Å². The standard InChI is InChI=1S/C17H18N2O6/c1-4-23-14(20)9-10-15(21)24-11(2)16-18-19-17(25-16)12-5-7-13(22-3)8-6-12/h5-11H,4H2,1-3H3/b10-9+/t11-/m0/s1. The molecule has 1 atom stereocenters. The van der Waals surface area contributed by atoms with Gasteiger partial charge in [-0.1, -0.05) is 0 Å². The van der Waals surface area contributed by atoms with E-state index in [9.17, 15) is 9.59 Å². The van der Waals surface area contributed by atoms with Crippen LogP contribution in [-0.4, -0.2) is 35.9 Å². The molecule has 0 bridgehead atoms. The Bertz CT molecular complexity index is 751. The Morgan fingerprint density at radius 1 is 1.16 bits per heavy atom. The van der Waals surface area contributed by atoms with Crippen molar-refractivity contribution in [3.63, 3.8) is 0 Å². The summed E-state index contributed by atoms with van der Waals surface area (Å²) in [6.45, 7) is 3.48. The first-order valence-electron chi connectivity index (χ1n) is 7.56. The molecule has 132 valence electrons. The highest BCUT2D eigenvalue weighted by Crippen LogP contribution is 2.24. The van der Waals surface area contributed by atoms with Crippen LogP contribution < -0.4 is 4.74 Å². The first-order valence-corrected chi connectivity index (χ1v) is 7.56. The van der Waals surface area contributed by atoms with Crippen LogP contribution in [0.3, 0.4) is 0 Å². The fraction of sp³-hybridized carbons (Fsp3) is 0.294. The van der Waals surface area contributed by atoms with E-state index in [1.807, 2.05) is 0 Å². The van der Waals surface area contributed by atoms with Gasteiger partial charge >= 0.3 is 11.9 Å². The van der Waals surface area contributed by atoms with E-state index in [0.717, 1.165) is 12.2 Å². The highest BCUT2D eigenvalue weighted by atomic mass is 16.6. The minimum absolute atomic E-state index is 0.142. The number of nitrogens with zero attached hydrogens (tertiary/aromatic N) is 2. The van der Waals surface area contributed by atoms with E-state index < -0.39 is 18.0 Å². The molecule has 0 fully saturated rings. The summed E-state index contributed by atoms with van der Waals surface area (Å²) in [7, 11) is 1.58. The number of hydrogen-bond donors (Lipinski definition) is 0. The number of ether oxygens (including phenoxy) is 3. The third-order valence-corrected chi connectivity index (χ3v) is 3.06. The lowest BCUT2D eigenvalue weighted by Crippen LogP contribution is -2.08. The molecule has 0 unspecified atom stereocenters. The van der Waals surface area contributed by atoms with Gasteiger partial charge in [0.2, 0.25) is 5.89 Å². The fourth-order valence-electron chi connectivity index (χ4n) is 1.84. The molecule has 8 heteroatoms. The largest absolute Gasteiger partial charge is 0.497 e. The zero-order chi connectivity index (χ0) is 18.2. The average molecular weight is 346 g/mol. The number of carbonyl (C=O) groups is 2. The third-order valence-electron chi connectivity index (χ3n) is 3.06. The van der Waals surface area contributed by atoms with Crippen LogP contribution in [0.15, 0.2) is 40.8 Å². The lowest BCUT2D eigenvalue weighted by atomic mass is 10.2. The SMILES string of the molecule is CCOC(=O)/C=C/C(=O)O[C@@H](C)c1nnc(-c2ccc(OC)cc2)o1. The van der Waals surface area contributed by atoms with Gasteiger partial charge in [0.05, 0.1) is 13.7 Å². The smallest absolute Gasteiger partial charge is 0.331 e. The maximum absolute atomic E-state index is 11.7. The van der Waals surface area contributed by atoms with Gasteiger partial charge in [0, 0.05) is 17.7 Å². The van der Waals surface area contributed by atoms with Gasteiger partial charge in [-0.2, -0.15) is 0 Å². The number of esters is 2. The Morgan fingerprint density at radius 2 is 1.84 bits per heavy atom. The van der Waals surface area contributed by atoms with Crippen molar-refractivity contribution in [3.05, 3.63) is 42.3 Å². The second-order valence-corrected chi connectivity index (χ2v) is 4.84. The third kappa shape index (κ3) is 5.17. The van der Waals surface area contributed by atoms with Crippen LogP contribution >= 0.6 is 0 Å².